The molecular formula is C16H12BrFN2O3. The Hall–Kier alpha value is -2.41. The van der Waals surface area contributed by atoms with Crippen LogP contribution >= 0.6 is 15.9 Å². The molecule has 3 aromatic rings. The van der Waals surface area contributed by atoms with Gasteiger partial charge in [-0.1, -0.05) is 28.1 Å². The summed E-state index contributed by atoms with van der Waals surface area (Å²) in [5.74, 6) is -0.683. The number of nitrogens with zero attached hydrogens (tertiary/aromatic N) is 1. The Labute approximate surface area is 138 Å². The van der Waals surface area contributed by atoms with E-state index in [2.05, 4.69) is 20.9 Å². The molecule has 0 atom stereocenters. The number of ether oxygens (including phenoxy) is 1. The summed E-state index contributed by atoms with van der Waals surface area (Å²) in [4.78, 5) is 27.2. The largest absolute Gasteiger partial charge is 0.494 e. The van der Waals surface area contributed by atoms with Gasteiger partial charge in [0.2, 0.25) is 0 Å². The van der Waals surface area contributed by atoms with Crippen molar-refractivity contribution in [3.8, 4) is 5.75 Å². The Bertz CT molecular complexity index is 993. The molecule has 0 saturated carbocycles. The zero-order chi connectivity index (χ0) is 16.6. The van der Waals surface area contributed by atoms with Gasteiger partial charge in [0.25, 0.3) is 5.56 Å². The molecule has 7 heteroatoms. The number of hydrogen-bond acceptors (Lipinski definition) is 3. The van der Waals surface area contributed by atoms with Crippen molar-refractivity contribution in [1.82, 2.24) is 9.55 Å². The summed E-state index contributed by atoms with van der Waals surface area (Å²) in [5, 5.41) is 0.194. The molecule has 0 radical (unpaired) electrons. The molecule has 0 amide bonds. The van der Waals surface area contributed by atoms with Crippen molar-refractivity contribution >= 4 is 26.8 Å². The number of aromatic amines is 1. The number of fused-ring (bicyclic) bond motifs is 1. The highest BCUT2D eigenvalue weighted by Crippen LogP contribution is 2.20. The van der Waals surface area contributed by atoms with Gasteiger partial charge in [0.05, 0.1) is 24.6 Å². The molecule has 2 aromatic carbocycles. The second kappa shape index (κ2) is 6.00. The first-order valence-corrected chi connectivity index (χ1v) is 7.53. The summed E-state index contributed by atoms with van der Waals surface area (Å²) >= 11 is 3.33. The Morgan fingerprint density at radius 1 is 1.22 bits per heavy atom. The van der Waals surface area contributed by atoms with E-state index in [1.165, 1.54) is 13.2 Å². The highest BCUT2D eigenvalue weighted by Gasteiger charge is 2.12. The van der Waals surface area contributed by atoms with Gasteiger partial charge < -0.3 is 9.72 Å². The van der Waals surface area contributed by atoms with Crippen molar-refractivity contribution in [2.75, 3.05) is 7.11 Å². The monoisotopic (exact) mass is 378 g/mol. The minimum atomic E-state index is -0.638. The summed E-state index contributed by atoms with van der Waals surface area (Å²) in [6.45, 7) is 0.122. The molecule has 23 heavy (non-hydrogen) atoms. The quantitative estimate of drug-likeness (QED) is 0.761. The second-order valence-corrected chi connectivity index (χ2v) is 5.90. The third kappa shape index (κ3) is 2.92. The summed E-state index contributed by atoms with van der Waals surface area (Å²) < 4.78 is 20.6. The van der Waals surface area contributed by atoms with E-state index in [0.717, 1.165) is 20.7 Å². The van der Waals surface area contributed by atoms with Gasteiger partial charge in [-0.05, 0) is 23.8 Å². The van der Waals surface area contributed by atoms with Gasteiger partial charge >= 0.3 is 5.69 Å². The molecule has 0 aliphatic carbocycles. The van der Waals surface area contributed by atoms with Gasteiger partial charge in [0.15, 0.2) is 11.6 Å². The van der Waals surface area contributed by atoms with Crippen molar-refractivity contribution in [2.45, 2.75) is 6.54 Å². The van der Waals surface area contributed by atoms with Crippen molar-refractivity contribution in [2.24, 2.45) is 0 Å². The van der Waals surface area contributed by atoms with Crippen LogP contribution in [0.1, 0.15) is 5.56 Å². The lowest BCUT2D eigenvalue weighted by Crippen LogP contribution is -2.35. The number of rotatable bonds is 3. The van der Waals surface area contributed by atoms with Crippen LogP contribution in [0, 0.1) is 5.82 Å². The first-order valence-electron chi connectivity index (χ1n) is 6.74. The van der Waals surface area contributed by atoms with E-state index in [1.807, 2.05) is 24.3 Å². The molecule has 0 fully saturated rings. The molecule has 1 heterocycles. The lowest BCUT2D eigenvalue weighted by Gasteiger charge is -2.08. The van der Waals surface area contributed by atoms with E-state index in [0.29, 0.717) is 0 Å². The number of H-pyrrole nitrogens is 1. The fourth-order valence-corrected chi connectivity index (χ4v) is 2.59. The smallest absolute Gasteiger partial charge is 0.329 e. The van der Waals surface area contributed by atoms with Crippen LogP contribution in [0.15, 0.2) is 50.5 Å². The number of nitrogens with one attached hydrogen (secondary N) is 1. The van der Waals surface area contributed by atoms with Gasteiger partial charge in [0.1, 0.15) is 0 Å². The van der Waals surface area contributed by atoms with Gasteiger partial charge in [-0.15, -0.1) is 0 Å². The maximum Gasteiger partial charge on any atom is 0.329 e. The van der Waals surface area contributed by atoms with E-state index in [4.69, 9.17) is 4.74 Å². The van der Waals surface area contributed by atoms with Crippen LogP contribution in [-0.2, 0) is 6.54 Å². The second-order valence-electron chi connectivity index (χ2n) is 4.98. The third-order valence-electron chi connectivity index (χ3n) is 3.51. The summed E-state index contributed by atoms with van der Waals surface area (Å²) in [5.41, 5.74) is -0.139. The first-order chi connectivity index (χ1) is 11.0. The molecule has 118 valence electrons. The zero-order valence-corrected chi connectivity index (χ0v) is 13.7. The molecule has 0 bridgehead atoms. The van der Waals surface area contributed by atoms with Gasteiger partial charge in [-0.25, -0.2) is 9.18 Å². The Kier molecular flexibility index (Phi) is 4.04. The number of methoxy groups -OCH3 is 1. The van der Waals surface area contributed by atoms with E-state index in [1.54, 1.807) is 0 Å². The van der Waals surface area contributed by atoms with E-state index in [-0.39, 0.29) is 23.2 Å². The number of aromatic nitrogens is 2. The normalized spacial score (nSPS) is 10.9. The molecule has 1 aromatic heterocycles. The van der Waals surface area contributed by atoms with E-state index in [9.17, 15) is 14.0 Å². The molecule has 5 nitrogen and oxygen atoms in total. The topological polar surface area (TPSA) is 64.1 Å². The Morgan fingerprint density at radius 2 is 1.91 bits per heavy atom. The predicted molar refractivity (Wildman–Crippen MR) is 88.6 cm³/mol. The Balaban J connectivity index is 2.17. The molecule has 0 unspecified atom stereocenters. The van der Waals surface area contributed by atoms with Crippen molar-refractivity contribution in [3.63, 3.8) is 0 Å². The van der Waals surface area contributed by atoms with Crippen LogP contribution in [-0.4, -0.2) is 16.7 Å². The average Bonchev–Trinajstić information content (AvgIpc) is 2.53. The van der Waals surface area contributed by atoms with Crippen molar-refractivity contribution < 1.29 is 9.13 Å². The minimum Gasteiger partial charge on any atom is -0.494 e. The predicted octanol–water partition coefficient (Wildman–Crippen LogP) is 2.65. The molecule has 0 aliphatic rings. The summed E-state index contributed by atoms with van der Waals surface area (Å²) in [7, 11) is 1.32. The average molecular weight is 379 g/mol. The minimum absolute atomic E-state index is 0.0446. The third-order valence-corrected chi connectivity index (χ3v) is 4.04. The number of halogens is 2. The molecule has 0 aliphatic heterocycles. The fraction of sp³-hybridized carbons (Fsp3) is 0.125. The lowest BCUT2D eigenvalue weighted by molar-refractivity contribution is 0.387. The maximum absolute atomic E-state index is 13.7. The van der Waals surface area contributed by atoms with Crippen LogP contribution in [0.25, 0.3) is 10.9 Å². The zero-order valence-electron chi connectivity index (χ0n) is 12.1. The molecule has 1 N–H and O–H groups in total. The summed E-state index contributed by atoms with van der Waals surface area (Å²) in [6, 6.07) is 9.65. The maximum atomic E-state index is 13.7. The van der Waals surface area contributed by atoms with E-state index >= 15 is 0 Å². The molecule has 0 spiro atoms. The number of benzene rings is 2. The molecule has 0 saturated heterocycles. The van der Waals surface area contributed by atoms with Crippen LogP contribution in [0.4, 0.5) is 4.39 Å². The van der Waals surface area contributed by atoms with Crippen LogP contribution in [0.3, 0.4) is 0 Å². The van der Waals surface area contributed by atoms with E-state index < -0.39 is 17.1 Å². The van der Waals surface area contributed by atoms with Gasteiger partial charge in [-0.3, -0.25) is 9.36 Å². The van der Waals surface area contributed by atoms with Gasteiger partial charge in [0, 0.05) is 10.5 Å². The standard InChI is InChI=1S/C16H12BrFN2O3/c1-23-14-6-11-13(7-12(14)18)19-16(22)20(15(11)21)8-9-2-4-10(17)5-3-9/h2-7H,8H2,1H3,(H,19,22). The van der Waals surface area contributed by atoms with Crippen LogP contribution in [0.5, 0.6) is 5.75 Å². The number of hydrogen-bond donors (Lipinski definition) is 1. The van der Waals surface area contributed by atoms with Crippen molar-refractivity contribution in [1.29, 1.82) is 0 Å². The Morgan fingerprint density at radius 3 is 2.57 bits per heavy atom. The van der Waals surface area contributed by atoms with Crippen molar-refractivity contribution in [3.05, 3.63) is 73.1 Å². The fourth-order valence-electron chi connectivity index (χ4n) is 2.33. The lowest BCUT2D eigenvalue weighted by atomic mass is 10.2. The molecule has 3 rings (SSSR count). The first kappa shape index (κ1) is 15.5. The van der Waals surface area contributed by atoms with Gasteiger partial charge in [-0.2, -0.15) is 0 Å². The van der Waals surface area contributed by atoms with Crippen LogP contribution < -0.4 is 16.0 Å². The highest BCUT2D eigenvalue weighted by molar-refractivity contribution is 9.10. The molecular weight excluding hydrogens is 367 g/mol. The SMILES string of the molecule is COc1cc2c(=O)n(Cc3ccc(Br)cc3)c(=O)[nH]c2cc1F. The van der Waals surface area contributed by atoms with Crippen LogP contribution in [0.2, 0.25) is 0 Å². The highest BCUT2D eigenvalue weighted by atomic mass is 79.9. The summed E-state index contributed by atoms with van der Waals surface area (Å²) in [6.07, 6.45) is 0.